The predicted octanol–water partition coefficient (Wildman–Crippen LogP) is 7.13. The van der Waals surface area contributed by atoms with Gasteiger partial charge in [-0.3, -0.25) is 4.79 Å². The van der Waals surface area contributed by atoms with E-state index in [0.29, 0.717) is 21.5 Å². The second-order valence-corrected chi connectivity index (χ2v) is 10.8. The summed E-state index contributed by atoms with van der Waals surface area (Å²) in [5.41, 5.74) is 6.90. The van der Waals surface area contributed by atoms with E-state index in [1.54, 1.807) is 31.5 Å². The summed E-state index contributed by atoms with van der Waals surface area (Å²) >= 11 is 12.3. The molecule has 0 radical (unpaired) electrons. The number of rotatable bonds is 8. The highest BCUT2D eigenvalue weighted by molar-refractivity contribution is 6.42. The van der Waals surface area contributed by atoms with E-state index in [2.05, 4.69) is 55.6 Å². The van der Waals surface area contributed by atoms with Crippen LogP contribution < -0.4 is 14.9 Å². The molecule has 4 rings (SSSR count). The van der Waals surface area contributed by atoms with E-state index < -0.39 is 0 Å². The minimum atomic E-state index is -0.0659. The Morgan fingerprint density at radius 2 is 1.83 bits per heavy atom. The fourth-order valence-corrected chi connectivity index (χ4v) is 4.43. The van der Waals surface area contributed by atoms with Gasteiger partial charge in [0.25, 0.3) is 0 Å². The van der Waals surface area contributed by atoms with Gasteiger partial charge in [0.2, 0.25) is 5.91 Å². The van der Waals surface area contributed by atoms with Crippen molar-refractivity contribution in [2.75, 3.05) is 7.11 Å². The number of halogens is 2. The Labute approximate surface area is 222 Å². The first-order valence-corrected chi connectivity index (χ1v) is 12.6. The van der Waals surface area contributed by atoms with Gasteiger partial charge in [0.1, 0.15) is 23.1 Å². The van der Waals surface area contributed by atoms with Crippen LogP contribution in [-0.2, 0) is 16.8 Å². The molecule has 2 atom stereocenters. The van der Waals surface area contributed by atoms with Crippen molar-refractivity contribution in [3.05, 3.63) is 93.0 Å². The third-order valence-corrected chi connectivity index (χ3v) is 7.13. The number of hydrogen-bond donors (Lipinski definition) is 1. The number of ether oxygens (including phenoxy) is 2. The molecule has 1 saturated carbocycles. The fraction of sp³-hybridized carbons (Fsp3) is 0.310. The standard InChI is InChI=1S/C29H30Cl2N2O3/c1-29(2,3)21-11-9-19(10-12-21)22-15-23(22)28(34)33-32-16-18-8-13-25(35-4)20(14-18)17-36-26-7-5-6-24(30)27(26)31/h5-14,16,22-23H,15,17H2,1-4H3,(H,33,34)/t22-,23+/m1/s1. The van der Waals surface area contributed by atoms with Gasteiger partial charge in [0.15, 0.2) is 0 Å². The van der Waals surface area contributed by atoms with Gasteiger partial charge in [-0.15, -0.1) is 0 Å². The van der Waals surface area contributed by atoms with E-state index in [1.165, 1.54) is 11.1 Å². The van der Waals surface area contributed by atoms with E-state index in [0.717, 1.165) is 17.5 Å². The smallest absolute Gasteiger partial charge is 0.243 e. The van der Waals surface area contributed by atoms with E-state index in [9.17, 15) is 4.79 Å². The van der Waals surface area contributed by atoms with Crippen LogP contribution >= 0.6 is 23.2 Å². The summed E-state index contributed by atoms with van der Waals surface area (Å²) in [5, 5.41) is 4.96. The molecule has 1 aliphatic rings. The molecular weight excluding hydrogens is 495 g/mol. The molecule has 1 aliphatic carbocycles. The van der Waals surface area contributed by atoms with Crippen LogP contribution in [0.15, 0.2) is 65.8 Å². The Balaban J connectivity index is 1.35. The molecule has 188 valence electrons. The fourth-order valence-electron chi connectivity index (χ4n) is 4.08. The average molecular weight is 525 g/mol. The van der Waals surface area contributed by atoms with Crippen LogP contribution in [0.5, 0.6) is 11.5 Å². The van der Waals surface area contributed by atoms with Gasteiger partial charge < -0.3 is 9.47 Å². The molecule has 1 N–H and O–H groups in total. The molecule has 0 heterocycles. The van der Waals surface area contributed by atoms with Gasteiger partial charge in [0, 0.05) is 11.5 Å². The molecule has 0 aromatic heterocycles. The lowest BCUT2D eigenvalue weighted by molar-refractivity contribution is -0.122. The normalized spacial score (nSPS) is 17.2. The van der Waals surface area contributed by atoms with Crippen LogP contribution in [-0.4, -0.2) is 19.2 Å². The van der Waals surface area contributed by atoms with Crippen molar-refractivity contribution in [3.63, 3.8) is 0 Å². The molecule has 7 heteroatoms. The number of hydrazone groups is 1. The zero-order valence-electron chi connectivity index (χ0n) is 20.8. The van der Waals surface area contributed by atoms with Crippen LogP contribution in [0.25, 0.3) is 0 Å². The van der Waals surface area contributed by atoms with Crippen LogP contribution in [0.1, 0.15) is 55.4 Å². The molecule has 0 bridgehead atoms. The van der Waals surface area contributed by atoms with Gasteiger partial charge in [-0.1, -0.05) is 74.3 Å². The number of carbonyl (C=O) groups excluding carboxylic acids is 1. The number of methoxy groups -OCH3 is 1. The van der Waals surface area contributed by atoms with Crippen LogP contribution in [0.4, 0.5) is 0 Å². The van der Waals surface area contributed by atoms with Crippen molar-refractivity contribution >= 4 is 35.3 Å². The molecule has 1 fully saturated rings. The van der Waals surface area contributed by atoms with Gasteiger partial charge in [-0.2, -0.15) is 5.10 Å². The maximum atomic E-state index is 12.6. The summed E-state index contributed by atoms with van der Waals surface area (Å²) in [6, 6.07) is 19.4. The van der Waals surface area contributed by atoms with Gasteiger partial charge >= 0.3 is 0 Å². The Kier molecular flexibility index (Phi) is 7.91. The van der Waals surface area contributed by atoms with Gasteiger partial charge in [0.05, 0.1) is 18.3 Å². The molecule has 0 aliphatic heterocycles. The van der Waals surface area contributed by atoms with Crippen molar-refractivity contribution in [2.45, 2.75) is 45.1 Å². The molecule has 5 nitrogen and oxygen atoms in total. The first-order chi connectivity index (χ1) is 17.2. The Hall–Kier alpha value is -3.02. The highest BCUT2D eigenvalue weighted by Gasteiger charge is 2.44. The maximum absolute atomic E-state index is 12.6. The molecule has 3 aromatic carbocycles. The quantitative estimate of drug-likeness (QED) is 0.251. The van der Waals surface area contributed by atoms with Crippen LogP contribution in [0.3, 0.4) is 0 Å². The number of carbonyl (C=O) groups is 1. The summed E-state index contributed by atoms with van der Waals surface area (Å²) in [4.78, 5) is 12.6. The van der Waals surface area contributed by atoms with Crippen molar-refractivity contribution < 1.29 is 14.3 Å². The zero-order valence-corrected chi connectivity index (χ0v) is 22.4. The molecule has 36 heavy (non-hydrogen) atoms. The van der Waals surface area contributed by atoms with Crippen molar-refractivity contribution in [3.8, 4) is 11.5 Å². The number of amides is 1. The Bertz CT molecular complexity index is 1270. The van der Waals surface area contributed by atoms with E-state index in [4.69, 9.17) is 32.7 Å². The first kappa shape index (κ1) is 26.1. The molecule has 3 aromatic rings. The third-order valence-electron chi connectivity index (χ3n) is 6.32. The summed E-state index contributed by atoms with van der Waals surface area (Å²) in [6.45, 7) is 6.82. The minimum absolute atomic E-state index is 0.0510. The van der Waals surface area contributed by atoms with Crippen LogP contribution in [0, 0.1) is 5.92 Å². The first-order valence-electron chi connectivity index (χ1n) is 11.8. The topological polar surface area (TPSA) is 59.9 Å². The summed E-state index contributed by atoms with van der Waals surface area (Å²) < 4.78 is 11.3. The highest BCUT2D eigenvalue weighted by atomic mass is 35.5. The lowest BCUT2D eigenvalue weighted by atomic mass is 9.86. The van der Waals surface area contributed by atoms with E-state index >= 15 is 0 Å². The number of benzene rings is 3. The van der Waals surface area contributed by atoms with Gasteiger partial charge in [-0.05, 0) is 64.8 Å². The highest BCUT2D eigenvalue weighted by Crippen LogP contribution is 2.47. The van der Waals surface area contributed by atoms with Gasteiger partial charge in [-0.25, -0.2) is 5.43 Å². The molecule has 1 amide bonds. The third kappa shape index (κ3) is 6.21. The van der Waals surface area contributed by atoms with Crippen molar-refractivity contribution in [2.24, 2.45) is 11.0 Å². The monoisotopic (exact) mass is 524 g/mol. The summed E-state index contributed by atoms with van der Waals surface area (Å²) in [6.07, 6.45) is 2.45. The molecule has 0 saturated heterocycles. The average Bonchev–Trinajstić information content (AvgIpc) is 3.66. The Morgan fingerprint density at radius 1 is 1.08 bits per heavy atom. The lowest BCUT2D eigenvalue weighted by Crippen LogP contribution is -2.20. The summed E-state index contributed by atoms with van der Waals surface area (Å²) in [5.74, 6) is 1.29. The predicted molar refractivity (Wildman–Crippen MR) is 146 cm³/mol. The molecule has 0 spiro atoms. The largest absolute Gasteiger partial charge is 0.496 e. The SMILES string of the molecule is COc1ccc(C=NNC(=O)[C@H]2C[C@@H]2c2ccc(C(C)(C)C)cc2)cc1COc1cccc(Cl)c1Cl. The van der Waals surface area contributed by atoms with Crippen molar-refractivity contribution in [1.29, 1.82) is 0 Å². The summed E-state index contributed by atoms with van der Waals surface area (Å²) in [7, 11) is 1.60. The maximum Gasteiger partial charge on any atom is 0.243 e. The second-order valence-electron chi connectivity index (χ2n) is 9.97. The second kappa shape index (κ2) is 10.9. The molecule has 0 unspecified atom stereocenters. The van der Waals surface area contributed by atoms with Crippen LogP contribution in [0.2, 0.25) is 10.0 Å². The van der Waals surface area contributed by atoms with E-state index in [1.807, 2.05) is 18.2 Å². The Morgan fingerprint density at radius 3 is 2.53 bits per heavy atom. The molecular formula is C29H30Cl2N2O3. The number of hydrogen-bond acceptors (Lipinski definition) is 4. The minimum Gasteiger partial charge on any atom is -0.496 e. The lowest BCUT2D eigenvalue weighted by Gasteiger charge is -2.19. The van der Waals surface area contributed by atoms with E-state index in [-0.39, 0.29) is 29.8 Å². The zero-order chi connectivity index (χ0) is 25.9. The number of nitrogens with one attached hydrogen (secondary N) is 1. The van der Waals surface area contributed by atoms with Crippen molar-refractivity contribution in [1.82, 2.24) is 5.43 Å². The number of nitrogens with zero attached hydrogens (tertiary/aromatic N) is 1.